The number of nitrogens with zero attached hydrogens (tertiary/aromatic N) is 1. The highest BCUT2D eigenvalue weighted by molar-refractivity contribution is 5.23. The SMILES string of the molecule is CCNCc1ccnc(OC(C)COCC)c1F. The maximum atomic E-state index is 14.0. The van der Waals surface area contributed by atoms with Gasteiger partial charge >= 0.3 is 0 Å². The number of hydrogen-bond acceptors (Lipinski definition) is 4. The number of aromatic nitrogens is 1. The molecule has 0 aliphatic carbocycles. The molecule has 0 amide bonds. The summed E-state index contributed by atoms with van der Waals surface area (Å²) in [5.41, 5.74) is 0.561. The summed E-state index contributed by atoms with van der Waals surface area (Å²) in [6.07, 6.45) is 1.33. The first-order chi connectivity index (χ1) is 8.69. The quantitative estimate of drug-likeness (QED) is 0.774. The molecule has 1 aromatic rings. The number of halogens is 1. The molecule has 1 unspecified atom stereocenters. The molecule has 18 heavy (non-hydrogen) atoms. The van der Waals surface area contributed by atoms with E-state index in [4.69, 9.17) is 9.47 Å². The molecule has 1 N–H and O–H groups in total. The lowest BCUT2D eigenvalue weighted by Crippen LogP contribution is -2.21. The van der Waals surface area contributed by atoms with Crippen molar-refractivity contribution < 1.29 is 13.9 Å². The summed E-state index contributed by atoms with van der Waals surface area (Å²) >= 11 is 0. The van der Waals surface area contributed by atoms with Crippen LogP contribution in [-0.2, 0) is 11.3 Å². The minimum Gasteiger partial charge on any atom is -0.470 e. The van der Waals surface area contributed by atoms with Gasteiger partial charge in [-0.2, -0.15) is 0 Å². The minimum atomic E-state index is -0.401. The summed E-state index contributed by atoms with van der Waals surface area (Å²) in [5, 5.41) is 3.07. The third kappa shape index (κ3) is 4.58. The van der Waals surface area contributed by atoms with Crippen molar-refractivity contribution in [3.05, 3.63) is 23.6 Å². The van der Waals surface area contributed by atoms with Crippen molar-refractivity contribution in [3.63, 3.8) is 0 Å². The van der Waals surface area contributed by atoms with E-state index in [2.05, 4.69) is 10.3 Å². The molecule has 4 nitrogen and oxygen atoms in total. The summed E-state index contributed by atoms with van der Waals surface area (Å²) in [7, 11) is 0. The van der Waals surface area contributed by atoms with Crippen LogP contribution in [0.5, 0.6) is 5.88 Å². The summed E-state index contributed by atoms with van der Waals surface area (Å²) in [5.74, 6) is -0.362. The van der Waals surface area contributed by atoms with E-state index < -0.39 is 5.82 Å². The van der Waals surface area contributed by atoms with Gasteiger partial charge in [-0.05, 0) is 26.5 Å². The molecule has 1 rings (SSSR count). The van der Waals surface area contributed by atoms with E-state index in [9.17, 15) is 4.39 Å². The van der Waals surface area contributed by atoms with E-state index in [1.165, 1.54) is 0 Å². The van der Waals surface area contributed by atoms with Gasteiger partial charge < -0.3 is 14.8 Å². The van der Waals surface area contributed by atoms with Crippen LogP contribution in [0.3, 0.4) is 0 Å². The van der Waals surface area contributed by atoms with E-state index in [0.29, 0.717) is 25.3 Å². The van der Waals surface area contributed by atoms with E-state index in [0.717, 1.165) is 6.54 Å². The summed E-state index contributed by atoms with van der Waals surface area (Å²) in [6, 6.07) is 1.65. The fourth-order valence-corrected chi connectivity index (χ4v) is 1.45. The average molecular weight is 256 g/mol. The second kappa shape index (κ2) is 8.00. The van der Waals surface area contributed by atoms with Gasteiger partial charge in [0, 0.05) is 24.9 Å². The third-order valence-electron chi connectivity index (χ3n) is 2.37. The fourth-order valence-electron chi connectivity index (χ4n) is 1.45. The zero-order valence-corrected chi connectivity index (χ0v) is 11.2. The third-order valence-corrected chi connectivity index (χ3v) is 2.37. The van der Waals surface area contributed by atoms with Crippen molar-refractivity contribution in [3.8, 4) is 5.88 Å². The number of rotatable bonds is 8. The lowest BCUT2D eigenvalue weighted by Gasteiger charge is -2.15. The molecule has 0 aliphatic rings. The van der Waals surface area contributed by atoms with Crippen LogP contribution in [0.2, 0.25) is 0 Å². The van der Waals surface area contributed by atoms with Crippen molar-refractivity contribution in [2.75, 3.05) is 19.8 Å². The van der Waals surface area contributed by atoms with Crippen molar-refractivity contribution in [2.24, 2.45) is 0 Å². The van der Waals surface area contributed by atoms with Crippen molar-refractivity contribution in [1.82, 2.24) is 10.3 Å². The van der Waals surface area contributed by atoms with Gasteiger partial charge in [-0.15, -0.1) is 0 Å². The van der Waals surface area contributed by atoms with Crippen molar-refractivity contribution >= 4 is 0 Å². The van der Waals surface area contributed by atoms with Gasteiger partial charge in [0.1, 0.15) is 6.10 Å². The summed E-state index contributed by atoms with van der Waals surface area (Å²) < 4.78 is 24.7. The number of pyridine rings is 1. The highest BCUT2D eigenvalue weighted by Gasteiger charge is 2.13. The molecule has 1 atom stereocenters. The molecule has 0 spiro atoms. The molecule has 0 aromatic carbocycles. The molecule has 1 heterocycles. The van der Waals surface area contributed by atoms with Crippen LogP contribution in [-0.4, -0.2) is 30.8 Å². The summed E-state index contributed by atoms with van der Waals surface area (Å²) in [6.45, 7) is 8.01. The molecule has 102 valence electrons. The molecular formula is C13H21FN2O2. The Morgan fingerprint density at radius 3 is 2.89 bits per heavy atom. The van der Waals surface area contributed by atoms with Gasteiger partial charge in [0.15, 0.2) is 5.82 Å². The Morgan fingerprint density at radius 1 is 1.44 bits per heavy atom. The van der Waals surface area contributed by atoms with E-state index in [1.54, 1.807) is 12.3 Å². The lowest BCUT2D eigenvalue weighted by molar-refractivity contribution is 0.0609. The lowest BCUT2D eigenvalue weighted by atomic mass is 10.2. The van der Waals surface area contributed by atoms with Crippen LogP contribution in [0.1, 0.15) is 26.3 Å². The highest BCUT2D eigenvalue weighted by Crippen LogP contribution is 2.18. The van der Waals surface area contributed by atoms with E-state index >= 15 is 0 Å². The zero-order valence-electron chi connectivity index (χ0n) is 11.2. The first-order valence-corrected chi connectivity index (χ1v) is 6.27. The maximum Gasteiger partial charge on any atom is 0.251 e. The molecule has 0 fully saturated rings. The molecule has 0 bridgehead atoms. The van der Waals surface area contributed by atoms with Gasteiger partial charge in [0.25, 0.3) is 5.88 Å². The fraction of sp³-hybridized carbons (Fsp3) is 0.615. The number of nitrogens with one attached hydrogen (secondary N) is 1. The molecule has 0 saturated heterocycles. The molecule has 0 saturated carbocycles. The van der Waals surface area contributed by atoms with Crippen LogP contribution in [0, 0.1) is 5.82 Å². The smallest absolute Gasteiger partial charge is 0.251 e. The predicted molar refractivity (Wildman–Crippen MR) is 68.2 cm³/mol. The summed E-state index contributed by atoms with van der Waals surface area (Å²) in [4.78, 5) is 3.91. The number of hydrogen-bond donors (Lipinski definition) is 1. The Morgan fingerprint density at radius 2 is 2.22 bits per heavy atom. The normalized spacial score (nSPS) is 12.4. The second-order valence-corrected chi connectivity index (χ2v) is 3.96. The van der Waals surface area contributed by atoms with Crippen LogP contribution in [0.15, 0.2) is 12.3 Å². The Kier molecular flexibility index (Phi) is 6.60. The van der Waals surface area contributed by atoms with Crippen LogP contribution < -0.4 is 10.1 Å². The Bertz CT molecular complexity index is 361. The predicted octanol–water partition coefficient (Wildman–Crippen LogP) is 2.13. The largest absolute Gasteiger partial charge is 0.470 e. The van der Waals surface area contributed by atoms with Crippen LogP contribution >= 0.6 is 0 Å². The minimum absolute atomic E-state index is 0.0395. The van der Waals surface area contributed by atoms with Gasteiger partial charge in [-0.3, -0.25) is 0 Å². The second-order valence-electron chi connectivity index (χ2n) is 3.96. The standard InChI is InChI=1S/C13H21FN2O2/c1-4-15-8-11-6-7-16-13(12(11)14)18-10(3)9-17-5-2/h6-7,10,15H,4-5,8-9H2,1-3H3. The Balaban J connectivity index is 2.64. The van der Waals surface area contributed by atoms with E-state index in [-0.39, 0.29) is 12.0 Å². The van der Waals surface area contributed by atoms with Gasteiger partial charge in [0.05, 0.1) is 6.61 Å². The van der Waals surface area contributed by atoms with E-state index in [1.807, 2.05) is 20.8 Å². The van der Waals surface area contributed by atoms with Crippen LogP contribution in [0.25, 0.3) is 0 Å². The zero-order chi connectivity index (χ0) is 13.4. The average Bonchev–Trinajstić information content (AvgIpc) is 2.37. The topological polar surface area (TPSA) is 43.4 Å². The highest BCUT2D eigenvalue weighted by atomic mass is 19.1. The molecule has 1 aromatic heterocycles. The maximum absolute atomic E-state index is 14.0. The first-order valence-electron chi connectivity index (χ1n) is 6.27. The van der Waals surface area contributed by atoms with Crippen molar-refractivity contribution in [1.29, 1.82) is 0 Å². The molecule has 0 aliphatic heterocycles. The Labute approximate surface area is 108 Å². The molecular weight excluding hydrogens is 235 g/mol. The molecule has 0 radical (unpaired) electrons. The van der Waals surface area contributed by atoms with Crippen molar-refractivity contribution in [2.45, 2.75) is 33.4 Å². The first kappa shape index (κ1) is 14.9. The Hall–Kier alpha value is -1.20. The van der Waals surface area contributed by atoms with Gasteiger partial charge in [-0.1, -0.05) is 6.92 Å². The monoisotopic (exact) mass is 256 g/mol. The molecule has 5 heteroatoms. The van der Waals surface area contributed by atoms with Gasteiger partial charge in [0.2, 0.25) is 0 Å². The van der Waals surface area contributed by atoms with Gasteiger partial charge in [-0.25, -0.2) is 9.37 Å². The number of ether oxygens (including phenoxy) is 2. The van der Waals surface area contributed by atoms with Crippen LogP contribution in [0.4, 0.5) is 4.39 Å².